The van der Waals surface area contributed by atoms with Gasteiger partial charge in [0.2, 0.25) is 0 Å². The summed E-state index contributed by atoms with van der Waals surface area (Å²) in [5.74, 6) is -15.0. The maximum absolute atomic E-state index is 13.9. The monoisotopic (exact) mass is 436 g/mol. The number of carbonyl (C=O) groups is 2. The molecule has 150 valence electrons. The van der Waals surface area contributed by atoms with Gasteiger partial charge in [0.15, 0.2) is 0 Å². The quantitative estimate of drug-likeness (QED) is 0.639. The van der Waals surface area contributed by atoms with Gasteiger partial charge in [-0.2, -0.15) is 17.6 Å². The van der Waals surface area contributed by atoms with E-state index in [9.17, 15) is 27.2 Å². The lowest BCUT2D eigenvalue weighted by Gasteiger charge is -2.24. The van der Waals surface area contributed by atoms with Crippen molar-refractivity contribution in [1.82, 2.24) is 10.6 Å². The topological polar surface area (TPSA) is 58.2 Å². The molecule has 2 N–H and O–H groups in total. The average Bonchev–Trinajstić information content (AvgIpc) is 2.66. The van der Waals surface area contributed by atoms with Gasteiger partial charge in [0.1, 0.15) is 0 Å². The van der Waals surface area contributed by atoms with Crippen LogP contribution in [0.3, 0.4) is 0 Å². The summed E-state index contributed by atoms with van der Waals surface area (Å²) in [6.07, 6.45) is 0. The van der Waals surface area contributed by atoms with Gasteiger partial charge in [0, 0.05) is 23.1 Å². The molecule has 2 aromatic rings. The molecule has 0 aromatic heterocycles. The largest absolute Gasteiger partial charge is 0.395 e. The van der Waals surface area contributed by atoms with Gasteiger partial charge in [0.25, 0.3) is 11.8 Å². The number of amides is 2. The van der Waals surface area contributed by atoms with Crippen LogP contribution in [0.4, 0.5) is 17.6 Å². The lowest BCUT2D eigenvalue weighted by Crippen LogP contribution is -2.59. The third kappa shape index (κ3) is 5.14. The summed E-state index contributed by atoms with van der Waals surface area (Å²) in [7, 11) is 0. The Balaban J connectivity index is 1.99. The van der Waals surface area contributed by atoms with Crippen molar-refractivity contribution < 1.29 is 27.2 Å². The summed E-state index contributed by atoms with van der Waals surface area (Å²) in [5, 5.41) is 4.14. The molecule has 2 rings (SSSR count). The molecular formula is C18H14Cl2F4N2O2. The standard InChI is InChI=1S/C18H14Cl2F4N2O2/c19-13-5-1-11(2-6-13)9-25-15(27)17(21,22)18(23,24)16(28)26-10-12-3-7-14(20)8-4-12/h1-8H,9-10H2,(H,25,27)(H,26,28). The smallest absolute Gasteiger partial charge is 0.347 e. The molecule has 10 heteroatoms. The molecule has 0 radical (unpaired) electrons. The lowest BCUT2D eigenvalue weighted by atomic mass is 10.1. The molecule has 0 heterocycles. The summed E-state index contributed by atoms with van der Waals surface area (Å²) in [4.78, 5) is 23.2. The Morgan fingerprint density at radius 1 is 0.679 bits per heavy atom. The molecule has 0 saturated heterocycles. The fraction of sp³-hybridized carbons (Fsp3) is 0.222. The van der Waals surface area contributed by atoms with E-state index in [1.54, 1.807) is 10.6 Å². The molecule has 0 saturated carbocycles. The first-order valence-electron chi connectivity index (χ1n) is 7.85. The maximum atomic E-state index is 13.9. The summed E-state index contributed by atoms with van der Waals surface area (Å²) in [6, 6.07) is 11.5. The first kappa shape index (κ1) is 22.0. The number of rotatable bonds is 7. The highest BCUT2D eigenvalue weighted by Crippen LogP contribution is 2.35. The number of benzene rings is 2. The SMILES string of the molecule is O=C(NCc1ccc(Cl)cc1)C(F)(F)C(F)(F)C(=O)NCc1ccc(Cl)cc1. The van der Waals surface area contributed by atoms with Crippen LogP contribution in [0.5, 0.6) is 0 Å². The first-order chi connectivity index (χ1) is 13.0. The minimum atomic E-state index is -5.25. The zero-order chi connectivity index (χ0) is 20.9. The first-order valence-corrected chi connectivity index (χ1v) is 8.61. The number of carbonyl (C=O) groups excluding carboxylic acids is 2. The summed E-state index contributed by atoms with van der Waals surface area (Å²) in [6.45, 7) is -0.873. The normalized spacial score (nSPS) is 11.8. The number of hydrogen-bond acceptors (Lipinski definition) is 2. The van der Waals surface area contributed by atoms with Gasteiger partial charge in [-0.15, -0.1) is 0 Å². The zero-order valence-corrected chi connectivity index (χ0v) is 15.6. The second-order valence-corrected chi connectivity index (χ2v) is 6.64. The molecule has 0 bridgehead atoms. The number of nitrogens with one attached hydrogen (secondary N) is 2. The van der Waals surface area contributed by atoms with Crippen LogP contribution >= 0.6 is 23.2 Å². The van der Waals surface area contributed by atoms with Crippen molar-refractivity contribution in [1.29, 1.82) is 0 Å². The predicted molar refractivity (Wildman–Crippen MR) is 96.5 cm³/mol. The minimum absolute atomic E-state index is 0.365. The van der Waals surface area contributed by atoms with Crippen molar-refractivity contribution in [2.24, 2.45) is 0 Å². The summed E-state index contributed by atoms with van der Waals surface area (Å²) in [5.41, 5.74) is 0.730. The van der Waals surface area contributed by atoms with Gasteiger partial charge < -0.3 is 10.6 Å². The van der Waals surface area contributed by atoms with Gasteiger partial charge in [-0.05, 0) is 35.4 Å². The molecule has 0 atom stereocenters. The Kier molecular flexibility index (Phi) is 6.90. The molecule has 2 aromatic carbocycles. The number of hydrogen-bond donors (Lipinski definition) is 2. The predicted octanol–water partition coefficient (Wildman–Crippen LogP) is 4.20. The van der Waals surface area contributed by atoms with Gasteiger partial charge in [-0.1, -0.05) is 47.5 Å². The molecule has 0 aliphatic heterocycles. The van der Waals surface area contributed by atoms with E-state index in [1.165, 1.54) is 48.5 Å². The fourth-order valence-corrected chi connectivity index (χ4v) is 2.33. The van der Waals surface area contributed by atoms with E-state index in [0.717, 1.165) is 0 Å². The molecule has 0 unspecified atom stereocenters. The second kappa shape index (κ2) is 8.79. The summed E-state index contributed by atoms with van der Waals surface area (Å²) < 4.78 is 55.7. The molecule has 0 aliphatic rings. The van der Waals surface area contributed by atoms with Crippen LogP contribution in [-0.4, -0.2) is 23.7 Å². The van der Waals surface area contributed by atoms with Crippen molar-refractivity contribution in [2.75, 3.05) is 0 Å². The van der Waals surface area contributed by atoms with Crippen LogP contribution in [0, 0.1) is 0 Å². The van der Waals surface area contributed by atoms with Crippen LogP contribution in [0.25, 0.3) is 0 Å². The highest BCUT2D eigenvalue weighted by Gasteiger charge is 2.66. The van der Waals surface area contributed by atoms with Crippen LogP contribution < -0.4 is 10.6 Å². The highest BCUT2D eigenvalue weighted by atomic mass is 35.5. The molecule has 4 nitrogen and oxygen atoms in total. The van der Waals surface area contributed by atoms with E-state index in [-0.39, 0.29) is 0 Å². The highest BCUT2D eigenvalue weighted by molar-refractivity contribution is 6.30. The number of halogens is 6. The van der Waals surface area contributed by atoms with Gasteiger partial charge >= 0.3 is 11.8 Å². The Morgan fingerprint density at radius 3 is 1.25 bits per heavy atom. The van der Waals surface area contributed by atoms with Crippen molar-refractivity contribution in [3.63, 3.8) is 0 Å². The second-order valence-electron chi connectivity index (χ2n) is 5.77. The van der Waals surface area contributed by atoms with Crippen molar-refractivity contribution in [2.45, 2.75) is 24.9 Å². The third-order valence-electron chi connectivity index (χ3n) is 3.70. The van der Waals surface area contributed by atoms with E-state index in [0.29, 0.717) is 21.2 Å². The van der Waals surface area contributed by atoms with Crippen molar-refractivity contribution in [3.8, 4) is 0 Å². The van der Waals surface area contributed by atoms with E-state index in [2.05, 4.69) is 0 Å². The van der Waals surface area contributed by atoms with Gasteiger partial charge in [-0.3, -0.25) is 9.59 Å². The fourth-order valence-electron chi connectivity index (χ4n) is 2.08. The van der Waals surface area contributed by atoms with Crippen LogP contribution in [0.1, 0.15) is 11.1 Å². The third-order valence-corrected chi connectivity index (χ3v) is 4.20. The molecule has 28 heavy (non-hydrogen) atoms. The molecule has 0 fully saturated rings. The molecule has 2 amide bonds. The van der Waals surface area contributed by atoms with E-state index >= 15 is 0 Å². The average molecular weight is 437 g/mol. The molecule has 0 aliphatic carbocycles. The number of alkyl halides is 4. The van der Waals surface area contributed by atoms with E-state index in [4.69, 9.17) is 23.2 Å². The van der Waals surface area contributed by atoms with Crippen molar-refractivity contribution in [3.05, 3.63) is 69.7 Å². The van der Waals surface area contributed by atoms with Gasteiger partial charge in [0.05, 0.1) is 0 Å². The van der Waals surface area contributed by atoms with Crippen LogP contribution in [-0.2, 0) is 22.7 Å². The summed E-state index contributed by atoms with van der Waals surface area (Å²) >= 11 is 11.3. The zero-order valence-electron chi connectivity index (χ0n) is 14.1. The lowest BCUT2D eigenvalue weighted by molar-refractivity contribution is -0.211. The van der Waals surface area contributed by atoms with Crippen LogP contribution in [0.15, 0.2) is 48.5 Å². The maximum Gasteiger partial charge on any atom is 0.395 e. The van der Waals surface area contributed by atoms with E-state index in [1.807, 2.05) is 0 Å². The van der Waals surface area contributed by atoms with Gasteiger partial charge in [-0.25, -0.2) is 0 Å². The Bertz CT molecular complexity index is 772. The Labute approximate surface area is 167 Å². The molecular weight excluding hydrogens is 423 g/mol. The minimum Gasteiger partial charge on any atom is -0.347 e. The Hall–Kier alpha value is -2.32. The van der Waals surface area contributed by atoms with Crippen LogP contribution in [0.2, 0.25) is 10.0 Å². The van der Waals surface area contributed by atoms with E-state index < -0.39 is 36.7 Å². The van der Waals surface area contributed by atoms with Crippen molar-refractivity contribution >= 4 is 35.0 Å². The molecule has 0 spiro atoms. The Morgan fingerprint density at radius 2 is 0.964 bits per heavy atom.